The van der Waals surface area contributed by atoms with Gasteiger partial charge in [-0.15, -0.1) is 0 Å². The summed E-state index contributed by atoms with van der Waals surface area (Å²) in [5.41, 5.74) is 2.43. The average molecular weight is 439 g/mol. The molecule has 0 radical (unpaired) electrons. The number of hydrogen-bond donors (Lipinski definition) is 0. The Morgan fingerprint density at radius 1 is 1.23 bits per heavy atom. The number of Topliss-reactive ketones (excluding diaryl/α,β-unsaturated/α-hetero) is 1. The van der Waals surface area contributed by atoms with E-state index in [2.05, 4.69) is 0 Å². The molecule has 0 bridgehead atoms. The number of aryl methyl sites for hydroxylation is 1. The standard InChI is InChI=1S/C23H15ClO7/c1-12-5-16(30-23(26)17-3-2-4-28-17)9-18-20(12)21(25)19(31-18)8-13-6-15(24)7-14-10-27-11-29-22(13)14/h2-9H,10-11H2,1H3/b19-8-. The van der Waals surface area contributed by atoms with E-state index in [-0.39, 0.29) is 29.8 Å². The third kappa shape index (κ3) is 3.58. The SMILES string of the molecule is Cc1cc(OC(=O)c2ccco2)cc2c1C(=O)/C(=C/c1cc(Cl)cc3c1OCOC3)O2. The second-order valence-corrected chi connectivity index (χ2v) is 7.45. The monoisotopic (exact) mass is 438 g/mol. The van der Waals surface area contributed by atoms with E-state index in [1.165, 1.54) is 18.4 Å². The number of ketones is 1. The van der Waals surface area contributed by atoms with Crippen LogP contribution in [0, 0.1) is 6.92 Å². The molecule has 7 nitrogen and oxygen atoms in total. The normalized spacial score (nSPS) is 15.8. The first-order valence-corrected chi connectivity index (χ1v) is 9.75. The van der Waals surface area contributed by atoms with Gasteiger partial charge in [0, 0.05) is 22.2 Å². The maximum Gasteiger partial charge on any atom is 0.379 e. The molecule has 8 heteroatoms. The van der Waals surface area contributed by atoms with Crippen LogP contribution in [0.4, 0.5) is 0 Å². The van der Waals surface area contributed by atoms with Gasteiger partial charge in [0.1, 0.15) is 17.2 Å². The number of rotatable bonds is 3. The molecule has 0 aliphatic carbocycles. The molecule has 2 aliphatic heterocycles. The smallest absolute Gasteiger partial charge is 0.379 e. The van der Waals surface area contributed by atoms with Crippen LogP contribution in [-0.4, -0.2) is 18.5 Å². The van der Waals surface area contributed by atoms with Crippen LogP contribution in [-0.2, 0) is 11.3 Å². The predicted molar refractivity (Wildman–Crippen MR) is 110 cm³/mol. The van der Waals surface area contributed by atoms with Gasteiger partial charge in [-0.05, 0) is 48.9 Å². The molecule has 0 saturated carbocycles. The maximum absolute atomic E-state index is 13.0. The number of carbonyl (C=O) groups is 2. The lowest BCUT2D eigenvalue weighted by atomic mass is 10.0. The molecule has 5 rings (SSSR count). The number of ether oxygens (including phenoxy) is 4. The number of fused-ring (bicyclic) bond motifs is 2. The topological polar surface area (TPSA) is 84.2 Å². The number of hydrogen-bond acceptors (Lipinski definition) is 7. The third-order valence-electron chi connectivity index (χ3n) is 4.87. The molecule has 2 aliphatic rings. The molecule has 1 aromatic heterocycles. The average Bonchev–Trinajstić information content (AvgIpc) is 3.37. The summed E-state index contributed by atoms with van der Waals surface area (Å²) < 4.78 is 27.1. The van der Waals surface area contributed by atoms with Crippen molar-refractivity contribution in [3.63, 3.8) is 0 Å². The van der Waals surface area contributed by atoms with E-state index >= 15 is 0 Å². The summed E-state index contributed by atoms with van der Waals surface area (Å²) in [4.78, 5) is 25.1. The van der Waals surface area contributed by atoms with Gasteiger partial charge in [0.25, 0.3) is 0 Å². The summed E-state index contributed by atoms with van der Waals surface area (Å²) in [6, 6.07) is 9.65. The zero-order valence-electron chi connectivity index (χ0n) is 16.3. The first kappa shape index (κ1) is 19.4. The van der Waals surface area contributed by atoms with E-state index in [9.17, 15) is 9.59 Å². The fraction of sp³-hybridized carbons (Fsp3) is 0.130. The van der Waals surface area contributed by atoms with E-state index in [1.54, 1.807) is 37.3 Å². The fourth-order valence-electron chi connectivity index (χ4n) is 3.55. The Balaban J connectivity index is 1.47. The molecule has 0 saturated heterocycles. The Hall–Kier alpha value is -3.55. The van der Waals surface area contributed by atoms with Gasteiger partial charge in [-0.2, -0.15) is 0 Å². The van der Waals surface area contributed by atoms with Gasteiger partial charge in [0.05, 0.1) is 18.4 Å². The molecular formula is C23H15ClO7. The lowest BCUT2D eigenvalue weighted by Crippen LogP contribution is -2.12. The van der Waals surface area contributed by atoms with Crippen LogP contribution in [0.25, 0.3) is 6.08 Å². The lowest BCUT2D eigenvalue weighted by molar-refractivity contribution is -0.0165. The molecule has 2 aromatic carbocycles. The second kappa shape index (κ2) is 7.61. The van der Waals surface area contributed by atoms with Crippen molar-refractivity contribution in [2.24, 2.45) is 0 Å². The molecule has 0 atom stereocenters. The molecule has 0 unspecified atom stereocenters. The third-order valence-corrected chi connectivity index (χ3v) is 5.08. The van der Waals surface area contributed by atoms with Crippen molar-refractivity contribution < 1.29 is 33.0 Å². The molecule has 0 amide bonds. The van der Waals surface area contributed by atoms with Crippen molar-refractivity contribution in [3.05, 3.63) is 81.5 Å². The molecule has 156 valence electrons. The number of carbonyl (C=O) groups excluding carboxylic acids is 2. The summed E-state index contributed by atoms with van der Waals surface area (Å²) in [5.74, 6) is 0.412. The molecule has 0 N–H and O–H groups in total. The summed E-state index contributed by atoms with van der Waals surface area (Å²) >= 11 is 6.21. The summed E-state index contributed by atoms with van der Waals surface area (Å²) in [7, 11) is 0. The van der Waals surface area contributed by atoms with Crippen molar-refractivity contribution in [3.8, 4) is 17.2 Å². The van der Waals surface area contributed by atoms with E-state index in [4.69, 9.17) is 35.0 Å². The molecule has 3 heterocycles. The largest absolute Gasteiger partial charge is 0.467 e. The zero-order chi connectivity index (χ0) is 21.5. The quantitative estimate of drug-likeness (QED) is 0.325. The van der Waals surface area contributed by atoms with Crippen LogP contribution < -0.4 is 14.2 Å². The fourth-order valence-corrected chi connectivity index (χ4v) is 3.79. The molecule has 31 heavy (non-hydrogen) atoms. The first-order valence-electron chi connectivity index (χ1n) is 9.37. The van der Waals surface area contributed by atoms with E-state index < -0.39 is 5.97 Å². The molecule has 3 aromatic rings. The Bertz CT molecular complexity index is 1240. The van der Waals surface area contributed by atoms with Crippen molar-refractivity contribution in [1.29, 1.82) is 0 Å². The summed E-state index contributed by atoms with van der Waals surface area (Å²) in [6.07, 6.45) is 2.97. The van der Waals surface area contributed by atoms with Crippen molar-refractivity contribution in [1.82, 2.24) is 0 Å². The second-order valence-electron chi connectivity index (χ2n) is 7.01. The van der Waals surface area contributed by atoms with Gasteiger partial charge in [0.2, 0.25) is 11.5 Å². The van der Waals surface area contributed by atoms with Crippen LogP contribution in [0.1, 0.15) is 37.6 Å². The minimum Gasteiger partial charge on any atom is -0.467 e. The molecule has 0 fully saturated rings. The summed E-state index contributed by atoms with van der Waals surface area (Å²) in [5, 5.41) is 0.492. The van der Waals surface area contributed by atoms with Crippen molar-refractivity contribution in [2.75, 3.05) is 6.79 Å². The minimum atomic E-state index is -0.644. The number of esters is 1. The first-order chi connectivity index (χ1) is 15.0. The Morgan fingerprint density at radius 2 is 2.10 bits per heavy atom. The van der Waals surface area contributed by atoms with Crippen molar-refractivity contribution in [2.45, 2.75) is 13.5 Å². The number of benzene rings is 2. The highest BCUT2D eigenvalue weighted by atomic mass is 35.5. The minimum absolute atomic E-state index is 0.0745. The Morgan fingerprint density at radius 3 is 2.90 bits per heavy atom. The van der Waals surface area contributed by atoms with Crippen LogP contribution in [0.3, 0.4) is 0 Å². The number of allylic oxidation sites excluding steroid dienone is 1. The number of halogens is 1. The van der Waals surface area contributed by atoms with E-state index in [0.717, 1.165) is 5.56 Å². The highest BCUT2D eigenvalue weighted by Crippen LogP contribution is 2.39. The van der Waals surface area contributed by atoms with Gasteiger partial charge < -0.3 is 23.4 Å². The van der Waals surface area contributed by atoms with Crippen LogP contribution in [0.5, 0.6) is 17.2 Å². The summed E-state index contributed by atoms with van der Waals surface area (Å²) in [6.45, 7) is 2.23. The Labute approximate surface area is 181 Å². The van der Waals surface area contributed by atoms with Gasteiger partial charge in [-0.1, -0.05) is 11.6 Å². The van der Waals surface area contributed by atoms with Gasteiger partial charge in [-0.3, -0.25) is 4.79 Å². The highest BCUT2D eigenvalue weighted by molar-refractivity contribution is 6.31. The van der Waals surface area contributed by atoms with Crippen LogP contribution in [0.2, 0.25) is 5.02 Å². The lowest BCUT2D eigenvalue weighted by Gasteiger charge is -2.20. The van der Waals surface area contributed by atoms with E-state index in [0.29, 0.717) is 39.8 Å². The van der Waals surface area contributed by atoms with Crippen LogP contribution in [0.15, 0.2) is 52.8 Å². The van der Waals surface area contributed by atoms with Crippen molar-refractivity contribution >= 4 is 29.4 Å². The maximum atomic E-state index is 13.0. The molecule has 0 spiro atoms. The van der Waals surface area contributed by atoms with E-state index in [1.807, 2.05) is 0 Å². The molecular weight excluding hydrogens is 424 g/mol. The Kier molecular flexibility index (Phi) is 4.77. The van der Waals surface area contributed by atoms with Gasteiger partial charge in [-0.25, -0.2) is 4.79 Å². The van der Waals surface area contributed by atoms with Gasteiger partial charge in [0.15, 0.2) is 12.6 Å². The predicted octanol–water partition coefficient (Wildman–Crippen LogP) is 4.94. The van der Waals surface area contributed by atoms with Gasteiger partial charge >= 0.3 is 5.97 Å². The zero-order valence-corrected chi connectivity index (χ0v) is 17.0. The number of furan rings is 1. The van der Waals surface area contributed by atoms with Crippen LogP contribution >= 0.6 is 11.6 Å². The highest BCUT2D eigenvalue weighted by Gasteiger charge is 2.31.